The van der Waals surface area contributed by atoms with Gasteiger partial charge in [-0.3, -0.25) is 4.79 Å². The van der Waals surface area contributed by atoms with E-state index in [1.807, 2.05) is 36.2 Å². The molecule has 3 aliphatic carbocycles. The molecule has 2 fully saturated rings. The van der Waals surface area contributed by atoms with Crippen molar-refractivity contribution in [2.45, 2.75) is 70.0 Å². The van der Waals surface area contributed by atoms with E-state index in [4.69, 9.17) is 4.74 Å². The van der Waals surface area contributed by atoms with Gasteiger partial charge in [0, 0.05) is 31.2 Å². The summed E-state index contributed by atoms with van der Waals surface area (Å²) in [4.78, 5) is 15.0. The van der Waals surface area contributed by atoms with Gasteiger partial charge in [0.25, 0.3) is 5.91 Å². The first kappa shape index (κ1) is 20.6. The van der Waals surface area contributed by atoms with Crippen molar-refractivity contribution < 1.29 is 9.53 Å². The maximum atomic E-state index is 13.1. The molecule has 5 rings (SSSR count). The molecule has 2 aromatic rings. The maximum absolute atomic E-state index is 13.1. The van der Waals surface area contributed by atoms with Gasteiger partial charge in [-0.05, 0) is 85.4 Å². The Morgan fingerprint density at radius 1 is 1.00 bits per heavy atom. The molecule has 2 aromatic carbocycles. The van der Waals surface area contributed by atoms with Crippen molar-refractivity contribution in [3.8, 4) is 5.75 Å². The minimum absolute atomic E-state index is 0.0923. The highest BCUT2D eigenvalue weighted by molar-refractivity contribution is 5.94. The van der Waals surface area contributed by atoms with E-state index in [0.29, 0.717) is 6.04 Å². The number of carbonyl (C=O) groups is 1. The van der Waals surface area contributed by atoms with E-state index in [2.05, 4.69) is 23.5 Å². The van der Waals surface area contributed by atoms with Crippen molar-refractivity contribution >= 4 is 5.91 Å². The lowest BCUT2D eigenvalue weighted by Gasteiger charge is -2.24. The van der Waals surface area contributed by atoms with Crippen LogP contribution >= 0.6 is 0 Å². The summed E-state index contributed by atoms with van der Waals surface area (Å²) in [6, 6.07) is 15.4. The number of likely N-dealkylation sites (N-methyl/N-ethyl adjacent to an activating group) is 1. The van der Waals surface area contributed by atoms with Crippen LogP contribution in [0.4, 0.5) is 0 Å². The van der Waals surface area contributed by atoms with Crippen molar-refractivity contribution in [2.24, 2.45) is 5.92 Å². The molecule has 31 heavy (non-hydrogen) atoms. The number of amides is 1. The SMILES string of the molecule is CN(C(=O)c1ccc(OCC2CC2)cc1)[C@@H]1Cc2ccc(CNC3CCCC3)cc2C1. The minimum Gasteiger partial charge on any atom is -0.493 e. The van der Waals surface area contributed by atoms with E-state index < -0.39 is 0 Å². The van der Waals surface area contributed by atoms with Gasteiger partial charge in [-0.1, -0.05) is 31.0 Å². The van der Waals surface area contributed by atoms with E-state index in [-0.39, 0.29) is 11.9 Å². The van der Waals surface area contributed by atoms with E-state index in [1.165, 1.54) is 55.2 Å². The average molecular weight is 419 g/mol. The number of ether oxygens (including phenoxy) is 1. The van der Waals surface area contributed by atoms with Gasteiger partial charge in [0.2, 0.25) is 0 Å². The lowest BCUT2D eigenvalue weighted by molar-refractivity contribution is 0.0737. The van der Waals surface area contributed by atoms with Crippen molar-refractivity contribution in [1.82, 2.24) is 10.2 Å². The summed E-state index contributed by atoms with van der Waals surface area (Å²) in [5, 5.41) is 3.71. The molecule has 0 heterocycles. The summed E-state index contributed by atoms with van der Waals surface area (Å²) in [5.41, 5.74) is 4.89. The summed E-state index contributed by atoms with van der Waals surface area (Å²) in [7, 11) is 1.94. The Hall–Kier alpha value is -2.33. The molecule has 3 aliphatic rings. The third-order valence-corrected chi connectivity index (χ3v) is 7.28. The van der Waals surface area contributed by atoms with Crippen LogP contribution < -0.4 is 10.1 Å². The fraction of sp³-hybridized carbons (Fsp3) is 0.519. The van der Waals surface area contributed by atoms with E-state index in [0.717, 1.165) is 43.2 Å². The summed E-state index contributed by atoms with van der Waals surface area (Å²) in [5.74, 6) is 1.68. The lowest BCUT2D eigenvalue weighted by atomic mass is 10.1. The predicted molar refractivity (Wildman–Crippen MR) is 123 cm³/mol. The maximum Gasteiger partial charge on any atom is 0.253 e. The summed E-state index contributed by atoms with van der Waals surface area (Å²) in [6.07, 6.45) is 9.79. The highest BCUT2D eigenvalue weighted by Crippen LogP contribution is 2.30. The number of benzene rings is 2. The minimum atomic E-state index is 0.0923. The molecule has 1 atom stereocenters. The molecule has 4 heteroatoms. The normalized spacial score (nSPS) is 20.6. The summed E-state index contributed by atoms with van der Waals surface area (Å²) >= 11 is 0. The molecule has 4 nitrogen and oxygen atoms in total. The Morgan fingerprint density at radius 3 is 2.48 bits per heavy atom. The zero-order valence-electron chi connectivity index (χ0n) is 18.6. The highest BCUT2D eigenvalue weighted by atomic mass is 16.5. The van der Waals surface area contributed by atoms with Gasteiger partial charge in [-0.15, -0.1) is 0 Å². The van der Waals surface area contributed by atoms with Crippen LogP contribution in [0.3, 0.4) is 0 Å². The third-order valence-electron chi connectivity index (χ3n) is 7.28. The Morgan fingerprint density at radius 2 is 1.74 bits per heavy atom. The van der Waals surface area contributed by atoms with Gasteiger partial charge < -0.3 is 15.0 Å². The average Bonchev–Trinajstić information content (AvgIpc) is 3.30. The Balaban J connectivity index is 1.17. The van der Waals surface area contributed by atoms with Gasteiger partial charge in [0.15, 0.2) is 0 Å². The first-order valence-electron chi connectivity index (χ1n) is 12.0. The second-order valence-electron chi connectivity index (χ2n) is 9.72. The summed E-state index contributed by atoms with van der Waals surface area (Å²) in [6.45, 7) is 1.75. The molecular weight excluding hydrogens is 384 g/mol. The largest absolute Gasteiger partial charge is 0.493 e. The first-order chi connectivity index (χ1) is 15.2. The Kier molecular flexibility index (Phi) is 5.99. The molecule has 164 valence electrons. The monoisotopic (exact) mass is 418 g/mol. The van der Waals surface area contributed by atoms with Crippen molar-refractivity contribution in [1.29, 1.82) is 0 Å². The molecular formula is C27H34N2O2. The number of hydrogen-bond donors (Lipinski definition) is 1. The number of hydrogen-bond acceptors (Lipinski definition) is 3. The molecule has 0 aromatic heterocycles. The van der Waals surface area contributed by atoms with Crippen LogP contribution in [-0.4, -0.2) is 36.5 Å². The van der Waals surface area contributed by atoms with Gasteiger partial charge in [-0.25, -0.2) is 0 Å². The summed E-state index contributed by atoms with van der Waals surface area (Å²) < 4.78 is 5.80. The van der Waals surface area contributed by atoms with Crippen LogP contribution in [0.25, 0.3) is 0 Å². The van der Waals surface area contributed by atoms with Gasteiger partial charge in [-0.2, -0.15) is 0 Å². The Bertz CT molecular complexity index is 913. The molecule has 0 aliphatic heterocycles. The smallest absolute Gasteiger partial charge is 0.253 e. The number of fused-ring (bicyclic) bond motifs is 1. The van der Waals surface area contributed by atoms with Crippen molar-refractivity contribution in [2.75, 3.05) is 13.7 Å². The first-order valence-corrected chi connectivity index (χ1v) is 12.0. The molecule has 0 bridgehead atoms. The van der Waals surface area contributed by atoms with Crippen molar-refractivity contribution in [3.05, 3.63) is 64.7 Å². The number of rotatable bonds is 8. The molecule has 2 saturated carbocycles. The van der Waals surface area contributed by atoms with E-state index in [1.54, 1.807) is 0 Å². The van der Waals surface area contributed by atoms with Crippen LogP contribution in [-0.2, 0) is 19.4 Å². The highest BCUT2D eigenvalue weighted by Gasteiger charge is 2.28. The van der Waals surface area contributed by atoms with Gasteiger partial charge in [0.1, 0.15) is 5.75 Å². The molecule has 1 N–H and O–H groups in total. The van der Waals surface area contributed by atoms with Gasteiger partial charge in [0.05, 0.1) is 6.61 Å². The number of nitrogens with zero attached hydrogens (tertiary/aromatic N) is 1. The fourth-order valence-corrected chi connectivity index (χ4v) is 4.99. The molecule has 0 saturated heterocycles. The van der Waals surface area contributed by atoms with Crippen LogP contribution in [0.1, 0.15) is 65.6 Å². The third kappa shape index (κ3) is 4.95. The van der Waals surface area contributed by atoms with Crippen LogP contribution in [0.15, 0.2) is 42.5 Å². The van der Waals surface area contributed by atoms with Gasteiger partial charge >= 0.3 is 0 Å². The second kappa shape index (κ2) is 9.04. The quantitative estimate of drug-likeness (QED) is 0.673. The molecule has 0 unspecified atom stereocenters. The zero-order chi connectivity index (χ0) is 21.2. The fourth-order valence-electron chi connectivity index (χ4n) is 4.99. The van der Waals surface area contributed by atoms with Crippen LogP contribution in [0.2, 0.25) is 0 Å². The molecule has 0 radical (unpaired) electrons. The number of carbonyl (C=O) groups excluding carboxylic acids is 1. The number of nitrogens with one attached hydrogen (secondary N) is 1. The molecule has 0 spiro atoms. The van der Waals surface area contributed by atoms with E-state index >= 15 is 0 Å². The zero-order valence-corrected chi connectivity index (χ0v) is 18.6. The molecule has 1 amide bonds. The second-order valence-corrected chi connectivity index (χ2v) is 9.72. The van der Waals surface area contributed by atoms with Crippen LogP contribution in [0, 0.1) is 5.92 Å². The van der Waals surface area contributed by atoms with Crippen molar-refractivity contribution in [3.63, 3.8) is 0 Å². The van der Waals surface area contributed by atoms with Crippen LogP contribution in [0.5, 0.6) is 5.75 Å². The predicted octanol–water partition coefficient (Wildman–Crippen LogP) is 4.75. The van der Waals surface area contributed by atoms with E-state index in [9.17, 15) is 4.79 Å². The topological polar surface area (TPSA) is 41.6 Å². The Labute approximate surface area is 186 Å². The lowest BCUT2D eigenvalue weighted by Crippen LogP contribution is -2.37. The standard InChI is InChI=1S/C27H34N2O2/c1-29(27(30)21-10-12-26(13-11-21)31-18-19-6-7-19)25-15-22-9-8-20(14-23(22)16-25)17-28-24-4-2-3-5-24/h8-14,19,24-25,28H,2-7,15-18H2,1H3/t25-/m1/s1.